The summed E-state index contributed by atoms with van der Waals surface area (Å²) in [5, 5.41) is 6.45. The van der Waals surface area contributed by atoms with Crippen LogP contribution in [-0.4, -0.2) is 4.98 Å². The fourth-order valence-electron chi connectivity index (χ4n) is 5.53. The SMILES string of the molecule is Fc1ccc2c3ccccc3c3cc(-c4cccc(-c5ccc6c(c5)Sc5ccccc5S6)n4)ccc3c2c1. The Hall–Kier alpha value is -4.12. The number of rotatable bonds is 2. The van der Waals surface area contributed by atoms with Crippen molar-refractivity contribution in [2.24, 2.45) is 0 Å². The number of hydrogen-bond acceptors (Lipinski definition) is 3. The van der Waals surface area contributed by atoms with Gasteiger partial charge >= 0.3 is 0 Å². The zero-order valence-electron chi connectivity index (χ0n) is 20.7. The van der Waals surface area contributed by atoms with Gasteiger partial charge in [0, 0.05) is 30.7 Å². The first-order valence-corrected chi connectivity index (χ1v) is 14.4. The minimum atomic E-state index is -0.220. The van der Waals surface area contributed by atoms with Crippen LogP contribution in [0.15, 0.2) is 141 Å². The second kappa shape index (κ2) is 8.98. The Kier molecular flexibility index (Phi) is 5.25. The normalized spacial score (nSPS) is 12.5. The molecule has 6 aromatic carbocycles. The van der Waals surface area contributed by atoms with Crippen LogP contribution in [0.3, 0.4) is 0 Å². The highest BCUT2D eigenvalue weighted by molar-refractivity contribution is 8.05. The molecule has 0 bridgehead atoms. The van der Waals surface area contributed by atoms with Gasteiger partial charge in [0.2, 0.25) is 0 Å². The summed E-state index contributed by atoms with van der Waals surface area (Å²) in [5.41, 5.74) is 4.02. The molecule has 0 saturated heterocycles. The lowest BCUT2D eigenvalue weighted by atomic mass is 9.92. The van der Waals surface area contributed by atoms with Gasteiger partial charge in [-0.25, -0.2) is 9.37 Å². The fraction of sp³-hybridized carbons (Fsp3) is 0. The molecule has 0 aliphatic carbocycles. The molecule has 1 aliphatic heterocycles. The van der Waals surface area contributed by atoms with Gasteiger partial charge in [0.15, 0.2) is 0 Å². The third-order valence-electron chi connectivity index (χ3n) is 7.37. The van der Waals surface area contributed by atoms with E-state index in [0.717, 1.165) is 54.8 Å². The van der Waals surface area contributed by atoms with E-state index in [9.17, 15) is 4.39 Å². The van der Waals surface area contributed by atoms with Crippen molar-refractivity contribution < 1.29 is 4.39 Å². The van der Waals surface area contributed by atoms with Gasteiger partial charge in [0.05, 0.1) is 11.4 Å². The second-order valence-corrected chi connectivity index (χ2v) is 11.9. The summed E-state index contributed by atoms with van der Waals surface area (Å²) in [5.74, 6) is -0.220. The average Bonchev–Trinajstić information content (AvgIpc) is 2.99. The molecule has 0 N–H and O–H groups in total. The molecular weight excluding hydrogens is 518 g/mol. The summed E-state index contributed by atoms with van der Waals surface area (Å²) in [6.07, 6.45) is 0. The predicted molar refractivity (Wildman–Crippen MR) is 162 cm³/mol. The molecular formula is C35H20FNS2. The monoisotopic (exact) mass is 537 g/mol. The van der Waals surface area contributed by atoms with E-state index >= 15 is 0 Å². The maximum atomic E-state index is 14.3. The van der Waals surface area contributed by atoms with E-state index in [-0.39, 0.29) is 5.82 Å². The van der Waals surface area contributed by atoms with Crippen LogP contribution < -0.4 is 0 Å². The van der Waals surface area contributed by atoms with Crippen LogP contribution >= 0.6 is 23.5 Å². The standard InChI is InChI=1S/C35H20FNS2/c36-23-14-16-26-24-6-1-2-7-25(24)28-18-21(12-15-27(28)29(26)20-23)30-8-5-9-31(37-30)22-13-17-34-35(19-22)39-33-11-4-3-10-32(33)38-34/h1-20H. The summed E-state index contributed by atoms with van der Waals surface area (Å²) >= 11 is 3.65. The van der Waals surface area contributed by atoms with Crippen LogP contribution in [0.2, 0.25) is 0 Å². The van der Waals surface area contributed by atoms with E-state index in [0.29, 0.717) is 0 Å². The molecule has 1 nitrogen and oxygen atoms in total. The Bertz CT molecular complexity index is 2100. The molecule has 2 heterocycles. The average molecular weight is 538 g/mol. The van der Waals surface area contributed by atoms with Crippen molar-refractivity contribution in [2.45, 2.75) is 19.6 Å². The first kappa shape index (κ1) is 22.8. The number of hydrogen-bond donors (Lipinski definition) is 0. The number of benzene rings is 6. The maximum Gasteiger partial charge on any atom is 0.123 e. The number of nitrogens with zero attached hydrogens (tertiary/aromatic N) is 1. The van der Waals surface area contributed by atoms with Crippen molar-refractivity contribution in [1.82, 2.24) is 4.98 Å². The molecule has 0 saturated carbocycles. The van der Waals surface area contributed by atoms with Gasteiger partial charge < -0.3 is 0 Å². The summed E-state index contributed by atoms with van der Waals surface area (Å²) in [6.45, 7) is 0. The molecule has 0 spiro atoms. The van der Waals surface area contributed by atoms with Crippen LogP contribution in [-0.2, 0) is 0 Å². The molecule has 0 unspecified atom stereocenters. The predicted octanol–water partition coefficient (Wildman–Crippen LogP) is 10.6. The van der Waals surface area contributed by atoms with E-state index in [1.54, 1.807) is 12.1 Å². The highest BCUT2D eigenvalue weighted by Crippen LogP contribution is 2.49. The van der Waals surface area contributed by atoms with E-state index in [4.69, 9.17) is 4.98 Å². The first-order valence-electron chi connectivity index (χ1n) is 12.8. The van der Waals surface area contributed by atoms with Crippen LogP contribution in [0.4, 0.5) is 4.39 Å². The number of fused-ring (bicyclic) bond motifs is 8. The largest absolute Gasteiger partial charge is 0.248 e. The van der Waals surface area contributed by atoms with Crippen LogP contribution in [0, 0.1) is 5.82 Å². The molecule has 0 fully saturated rings. The van der Waals surface area contributed by atoms with E-state index in [2.05, 4.69) is 97.1 Å². The topological polar surface area (TPSA) is 12.9 Å². The Balaban J connectivity index is 1.24. The van der Waals surface area contributed by atoms with Gasteiger partial charge in [-0.2, -0.15) is 0 Å². The van der Waals surface area contributed by atoms with E-state index in [1.807, 2.05) is 35.7 Å². The molecule has 184 valence electrons. The highest BCUT2D eigenvalue weighted by atomic mass is 32.2. The van der Waals surface area contributed by atoms with Gasteiger partial charge in [0.1, 0.15) is 5.82 Å². The molecule has 7 aromatic rings. The smallest absolute Gasteiger partial charge is 0.123 e. The minimum Gasteiger partial charge on any atom is -0.248 e. The van der Waals surface area contributed by atoms with Crippen LogP contribution in [0.5, 0.6) is 0 Å². The minimum absolute atomic E-state index is 0.220. The number of aromatic nitrogens is 1. The molecule has 0 radical (unpaired) electrons. The van der Waals surface area contributed by atoms with Crippen LogP contribution in [0.25, 0.3) is 54.8 Å². The Morgan fingerprint density at radius 2 is 0.949 bits per heavy atom. The second-order valence-electron chi connectivity index (χ2n) is 9.72. The molecule has 39 heavy (non-hydrogen) atoms. The van der Waals surface area contributed by atoms with Crippen molar-refractivity contribution >= 4 is 55.8 Å². The highest BCUT2D eigenvalue weighted by Gasteiger charge is 2.18. The van der Waals surface area contributed by atoms with Crippen molar-refractivity contribution in [1.29, 1.82) is 0 Å². The Morgan fingerprint density at radius 3 is 1.74 bits per heavy atom. The van der Waals surface area contributed by atoms with Gasteiger partial charge in [-0.15, -0.1) is 0 Å². The Morgan fingerprint density at radius 1 is 0.410 bits per heavy atom. The maximum absolute atomic E-state index is 14.3. The summed E-state index contributed by atoms with van der Waals surface area (Å²) in [6, 6.07) is 41.3. The lowest BCUT2D eigenvalue weighted by Crippen LogP contribution is -1.92. The van der Waals surface area contributed by atoms with E-state index in [1.165, 1.54) is 19.6 Å². The quantitative estimate of drug-likeness (QED) is 0.204. The molecule has 8 rings (SSSR count). The lowest BCUT2D eigenvalue weighted by Gasteiger charge is -2.18. The fourth-order valence-corrected chi connectivity index (χ4v) is 7.79. The third-order valence-corrected chi connectivity index (χ3v) is 9.92. The number of pyridine rings is 1. The third kappa shape index (κ3) is 3.82. The van der Waals surface area contributed by atoms with Gasteiger partial charge in [0.25, 0.3) is 0 Å². The first-order chi connectivity index (χ1) is 19.2. The van der Waals surface area contributed by atoms with Gasteiger partial charge in [-0.05, 0) is 86.9 Å². The van der Waals surface area contributed by atoms with Crippen molar-refractivity contribution in [2.75, 3.05) is 0 Å². The molecule has 0 atom stereocenters. The Labute approximate surface area is 233 Å². The van der Waals surface area contributed by atoms with Gasteiger partial charge in [-0.3, -0.25) is 0 Å². The van der Waals surface area contributed by atoms with Gasteiger partial charge in [-0.1, -0.05) is 90.3 Å². The van der Waals surface area contributed by atoms with Crippen molar-refractivity contribution in [3.05, 3.63) is 127 Å². The molecule has 4 heteroatoms. The number of halogens is 1. The van der Waals surface area contributed by atoms with Crippen molar-refractivity contribution in [3.8, 4) is 22.5 Å². The summed E-state index contributed by atoms with van der Waals surface area (Å²) < 4.78 is 14.3. The molecule has 1 aromatic heterocycles. The summed E-state index contributed by atoms with van der Waals surface area (Å²) in [4.78, 5) is 10.2. The van der Waals surface area contributed by atoms with Crippen molar-refractivity contribution in [3.63, 3.8) is 0 Å². The van der Waals surface area contributed by atoms with E-state index < -0.39 is 0 Å². The lowest BCUT2D eigenvalue weighted by molar-refractivity contribution is 0.630. The summed E-state index contributed by atoms with van der Waals surface area (Å²) in [7, 11) is 0. The molecule has 1 aliphatic rings. The van der Waals surface area contributed by atoms with Crippen LogP contribution in [0.1, 0.15) is 0 Å². The zero-order valence-corrected chi connectivity index (χ0v) is 22.3. The zero-order chi connectivity index (χ0) is 25.9. The molecule has 0 amide bonds.